The van der Waals surface area contributed by atoms with Gasteiger partial charge < -0.3 is 15.2 Å². The molecule has 2 aromatic rings. The molecule has 3 rings (SSSR count). The minimum atomic E-state index is -0.0714. The monoisotopic (exact) mass is 272 g/mol. The van der Waals surface area contributed by atoms with Crippen LogP contribution in [-0.2, 0) is 17.8 Å². The highest BCUT2D eigenvalue weighted by Crippen LogP contribution is 2.24. The van der Waals surface area contributed by atoms with E-state index in [1.54, 1.807) is 6.92 Å². The van der Waals surface area contributed by atoms with Crippen molar-refractivity contribution in [2.45, 2.75) is 19.9 Å². The molecule has 1 aromatic heterocycles. The van der Waals surface area contributed by atoms with Crippen LogP contribution in [0.3, 0.4) is 0 Å². The van der Waals surface area contributed by atoms with Gasteiger partial charge in [-0.25, -0.2) is 0 Å². The van der Waals surface area contributed by atoms with Crippen LogP contribution >= 0.6 is 0 Å². The zero-order chi connectivity index (χ0) is 13.9. The fourth-order valence-corrected chi connectivity index (χ4v) is 2.35. The molecule has 0 bridgehead atoms. The molecule has 104 valence electrons. The summed E-state index contributed by atoms with van der Waals surface area (Å²) in [7, 11) is 0. The number of hydrogen-bond donors (Lipinski definition) is 2. The van der Waals surface area contributed by atoms with Gasteiger partial charge >= 0.3 is 0 Å². The first-order valence-corrected chi connectivity index (χ1v) is 6.61. The number of anilines is 1. The fourth-order valence-electron chi connectivity index (χ4n) is 2.35. The topological polar surface area (TPSA) is 80.0 Å². The van der Waals surface area contributed by atoms with E-state index in [4.69, 9.17) is 4.52 Å². The van der Waals surface area contributed by atoms with Crippen molar-refractivity contribution >= 4 is 11.6 Å². The van der Waals surface area contributed by atoms with Gasteiger partial charge in [0.25, 0.3) is 0 Å². The van der Waals surface area contributed by atoms with Gasteiger partial charge in [0.05, 0.1) is 12.5 Å². The summed E-state index contributed by atoms with van der Waals surface area (Å²) in [5.74, 6) is 0.940. The van der Waals surface area contributed by atoms with Crippen LogP contribution in [0.5, 0.6) is 0 Å². The molecule has 1 aromatic carbocycles. The Hall–Kier alpha value is -2.37. The number of carbonyl (C=O) groups excluding carboxylic acids is 1. The average Bonchev–Trinajstić information content (AvgIpc) is 2.90. The van der Waals surface area contributed by atoms with Gasteiger partial charge in [0, 0.05) is 19.2 Å². The maximum Gasteiger partial charge on any atom is 0.225 e. The first-order chi connectivity index (χ1) is 9.72. The number of hydrogen-bond acceptors (Lipinski definition) is 5. The van der Waals surface area contributed by atoms with Crippen LogP contribution in [0.1, 0.15) is 17.3 Å². The lowest BCUT2D eigenvalue weighted by molar-refractivity contribution is -0.124. The van der Waals surface area contributed by atoms with E-state index < -0.39 is 0 Å². The molecule has 2 heterocycles. The Kier molecular flexibility index (Phi) is 3.37. The van der Waals surface area contributed by atoms with Gasteiger partial charge in [-0.2, -0.15) is 4.98 Å². The summed E-state index contributed by atoms with van der Waals surface area (Å²) in [4.78, 5) is 16.2. The van der Waals surface area contributed by atoms with Gasteiger partial charge in [0.15, 0.2) is 5.82 Å². The largest absolute Gasteiger partial charge is 0.384 e. The summed E-state index contributed by atoms with van der Waals surface area (Å²) in [5.41, 5.74) is 2.29. The van der Waals surface area contributed by atoms with Crippen molar-refractivity contribution < 1.29 is 9.32 Å². The van der Waals surface area contributed by atoms with Crippen LogP contribution < -0.4 is 10.6 Å². The Morgan fingerprint density at radius 2 is 2.35 bits per heavy atom. The van der Waals surface area contributed by atoms with Gasteiger partial charge in [0.2, 0.25) is 11.8 Å². The third kappa shape index (κ3) is 2.64. The first-order valence-electron chi connectivity index (χ1n) is 6.61. The zero-order valence-electron chi connectivity index (χ0n) is 11.2. The minimum absolute atomic E-state index is 0.00876. The molecule has 1 amide bonds. The molecule has 0 spiro atoms. The minimum Gasteiger partial charge on any atom is -0.384 e. The molecular weight excluding hydrogens is 256 g/mol. The van der Waals surface area contributed by atoms with Gasteiger partial charge in [-0.15, -0.1) is 0 Å². The van der Waals surface area contributed by atoms with E-state index in [0.29, 0.717) is 24.8 Å². The number of carbonyl (C=O) groups is 1. The quantitative estimate of drug-likeness (QED) is 0.879. The van der Waals surface area contributed by atoms with E-state index >= 15 is 0 Å². The van der Waals surface area contributed by atoms with Gasteiger partial charge in [-0.05, 0) is 18.1 Å². The fraction of sp³-hybridized carbons (Fsp3) is 0.357. The Labute approximate surface area is 116 Å². The molecule has 1 unspecified atom stereocenters. The molecule has 0 saturated carbocycles. The van der Waals surface area contributed by atoms with Crippen molar-refractivity contribution in [2.75, 3.05) is 11.9 Å². The number of nitrogens with one attached hydrogen (secondary N) is 2. The standard InChI is InChI=1S/C14H16N4O2/c1-9-17-13(18-20-9)8-16-14(19)11-6-10-4-2-3-5-12(10)15-7-11/h2-5,11,15H,6-8H2,1H3,(H,16,19). The lowest BCUT2D eigenvalue weighted by atomic mass is 9.93. The van der Waals surface area contributed by atoms with E-state index in [0.717, 1.165) is 12.1 Å². The van der Waals surface area contributed by atoms with Crippen molar-refractivity contribution in [3.8, 4) is 0 Å². The first kappa shape index (κ1) is 12.7. The Bertz CT molecular complexity index is 623. The highest BCUT2D eigenvalue weighted by molar-refractivity contribution is 5.80. The Morgan fingerprint density at radius 3 is 3.15 bits per heavy atom. The molecule has 6 heteroatoms. The van der Waals surface area contributed by atoms with Crippen molar-refractivity contribution in [2.24, 2.45) is 5.92 Å². The van der Waals surface area contributed by atoms with Crippen LogP contribution in [0.2, 0.25) is 0 Å². The highest BCUT2D eigenvalue weighted by Gasteiger charge is 2.24. The molecule has 2 N–H and O–H groups in total. The summed E-state index contributed by atoms with van der Waals surface area (Å²) in [6.45, 7) is 2.67. The normalized spacial score (nSPS) is 17.1. The SMILES string of the molecule is Cc1nc(CNC(=O)C2CNc3ccccc3C2)no1. The van der Waals surface area contributed by atoms with Crippen LogP contribution in [0.25, 0.3) is 0 Å². The van der Waals surface area contributed by atoms with E-state index in [1.165, 1.54) is 5.56 Å². The smallest absolute Gasteiger partial charge is 0.225 e. The van der Waals surface area contributed by atoms with Crippen LogP contribution in [0, 0.1) is 12.8 Å². The molecule has 0 saturated heterocycles. The lowest BCUT2D eigenvalue weighted by Gasteiger charge is -2.25. The summed E-state index contributed by atoms with van der Waals surface area (Å²) in [5, 5.41) is 9.89. The average molecular weight is 272 g/mol. The summed E-state index contributed by atoms with van der Waals surface area (Å²) < 4.78 is 4.86. The second-order valence-electron chi connectivity index (χ2n) is 4.89. The number of nitrogens with zero attached hydrogens (tertiary/aromatic N) is 2. The molecule has 0 fully saturated rings. The van der Waals surface area contributed by atoms with Crippen LogP contribution in [-0.4, -0.2) is 22.6 Å². The molecule has 1 aliphatic rings. The molecule has 6 nitrogen and oxygen atoms in total. The predicted octanol–water partition coefficient (Wildman–Crippen LogP) is 1.28. The third-order valence-electron chi connectivity index (χ3n) is 3.38. The number of para-hydroxylation sites is 1. The maximum absolute atomic E-state index is 12.2. The number of aromatic nitrogens is 2. The molecule has 1 aliphatic heterocycles. The number of amides is 1. The summed E-state index contributed by atoms with van der Waals surface area (Å²) in [6, 6.07) is 8.06. The third-order valence-corrected chi connectivity index (χ3v) is 3.38. The number of fused-ring (bicyclic) bond motifs is 1. The second kappa shape index (κ2) is 5.32. The van der Waals surface area contributed by atoms with Crippen molar-refractivity contribution in [3.63, 3.8) is 0 Å². The van der Waals surface area contributed by atoms with Crippen molar-refractivity contribution in [3.05, 3.63) is 41.5 Å². The summed E-state index contributed by atoms with van der Waals surface area (Å²) in [6.07, 6.45) is 0.750. The predicted molar refractivity (Wildman–Crippen MR) is 73.0 cm³/mol. The lowest BCUT2D eigenvalue weighted by Crippen LogP contribution is -2.38. The second-order valence-corrected chi connectivity index (χ2v) is 4.89. The molecule has 20 heavy (non-hydrogen) atoms. The van der Waals surface area contributed by atoms with Crippen LogP contribution in [0.4, 0.5) is 5.69 Å². The van der Waals surface area contributed by atoms with E-state index in [1.807, 2.05) is 24.3 Å². The Balaban J connectivity index is 1.59. The van der Waals surface area contributed by atoms with Gasteiger partial charge in [-0.3, -0.25) is 4.79 Å². The highest BCUT2D eigenvalue weighted by atomic mass is 16.5. The van der Waals surface area contributed by atoms with Crippen LogP contribution in [0.15, 0.2) is 28.8 Å². The van der Waals surface area contributed by atoms with E-state index in [9.17, 15) is 4.79 Å². The molecule has 0 radical (unpaired) electrons. The van der Waals surface area contributed by atoms with E-state index in [2.05, 4.69) is 20.8 Å². The van der Waals surface area contributed by atoms with E-state index in [-0.39, 0.29) is 11.8 Å². The number of benzene rings is 1. The zero-order valence-corrected chi connectivity index (χ0v) is 11.2. The molecular formula is C14H16N4O2. The number of aryl methyl sites for hydroxylation is 1. The van der Waals surface area contributed by atoms with Gasteiger partial charge in [-0.1, -0.05) is 23.4 Å². The Morgan fingerprint density at radius 1 is 1.50 bits per heavy atom. The maximum atomic E-state index is 12.2. The van der Waals surface area contributed by atoms with Crippen molar-refractivity contribution in [1.29, 1.82) is 0 Å². The molecule has 1 atom stereocenters. The van der Waals surface area contributed by atoms with Crippen molar-refractivity contribution in [1.82, 2.24) is 15.5 Å². The summed E-state index contributed by atoms with van der Waals surface area (Å²) >= 11 is 0. The molecule has 0 aliphatic carbocycles. The van der Waals surface area contributed by atoms with Gasteiger partial charge in [0.1, 0.15) is 0 Å². The number of rotatable bonds is 3.